The van der Waals surface area contributed by atoms with Crippen molar-refractivity contribution < 1.29 is 19.0 Å². The van der Waals surface area contributed by atoms with Gasteiger partial charge >= 0.3 is 0 Å². The van der Waals surface area contributed by atoms with Crippen molar-refractivity contribution in [2.45, 2.75) is 43.6 Å². The monoisotopic (exact) mass is 451 g/mol. The van der Waals surface area contributed by atoms with Gasteiger partial charge in [-0.2, -0.15) is 0 Å². The zero-order chi connectivity index (χ0) is 21.0. The highest BCUT2D eigenvalue weighted by molar-refractivity contribution is 8.00. The van der Waals surface area contributed by atoms with Crippen LogP contribution >= 0.6 is 23.4 Å². The standard InChI is InChI=1S/C20H22ClN3O5S/c1-20(2)7-11(3-4-29-20)24-18-15(19(26)23-24)17(30-8-14(25)22-18)10-5-12(21)16-13(6-10)27-9-28-16/h5-6,11,17H,3-4,7-9H2,1-2H3,(H,22,25)(H,23,26)/t11-,17+/m1/s1. The minimum absolute atomic E-state index is 0.0228. The predicted molar refractivity (Wildman–Crippen MR) is 114 cm³/mol. The van der Waals surface area contributed by atoms with Gasteiger partial charge in [-0.25, -0.2) is 0 Å². The number of carbonyl (C=O) groups is 1. The Labute approximate surface area is 182 Å². The van der Waals surface area contributed by atoms with E-state index in [9.17, 15) is 9.59 Å². The van der Waals surface area contributed by atoms with Crippen molar-refractivity contribution in [1.82, 2.24) is 9.78 Å². The first-order chi connectivity index (χ1) is 14.3. The number of hydrogen-bond donors (Lipinski definition) is 2. The quantitative estimate of drug-likeness (QED) is 0.726. The number of ether oxygens (including phenoxy) is 3. The number of amides is 1. The average Bonchev–Trinajstić information content (AvgIpc) is 3.22. The molecule has 0 radical (unpaired) electrons. The van der Waals surface area contributed by atoms with Gasteiger partial charge in [-0.15, -0.1) is 11.8 Å². The molecule has 0 unspecified atom stereocenters. The normalized spacial score (nSPS) is 24.8. The lowest BCUT2D eigenvalue weighted by molar-refractivity contribution is -0.113. The summed E-state index contributed by atoms with van der Waals surface area (Å²) in [5.41, 5.74) is 0.792. The summed E-state index contributed by atoms with van der Waals surface area (Å²) in [5.74, 6) is 1.66. The number of benzene rings is 1. The molecule has 0 saturated carbocycles. The molecule has 1 amide bonds. The molecule has 160 valence electrons. The summed E-state index contributed by atoms with van der Waals surface area (Å²) in [6.45, 7) is 4.77. The molecule has 8 nitrogen and oxygen atoms in total. The van der Waals surface area contributed by atoms with Gasteiger partial charge in [0.15, 0.2) is 11.5 Å². The molecule has 10 heteroatoms. The lowest BCUT2D eigenvalue weighted by Crippen LogP contribution is -2.36. The van der Waals surface area contributed by atoms with Crippen LogP contribution in [0, 0.1) is 0 Å². The Hall–Kier alpha value is -2.10. The molecule has 0 bridgehead atoms. The van der Waals surface area contributed by atoms with Crippen LogP contribution in [-0.4, -0.2) is 40.4 Å². The minimum Gasteiger partial charge on any atom is -0.454 e. The summed E-state index contributed by atoms with van der Waals surface area (Å²) < 4.78 is 18.5. The van der Waals surface area contributed by atoms with E-state index in [1.807, 2.05) is 24.6 Å². The molecular weight excluding hydrogens is 430 g/mol. The van der Waals surface area contributed by atoms with Crippen molar-refractivity contribution >= 4 is 35.1 Å². The fraction of sp³-hybridized carbons (Fsp3) is 0.500. The van der Waals surface area contributed by atoms with Crippen LogP contribution in [0.5, 0.6) is 11.5 Å². The van der Waals surface area contributed by atoms with Gasteiger partial charge in [0, 0.05) is 6.61 Å². The number of nitrogens with one attached hydrogen (secondary N) is 2. The Morgan fingerprint density at radius 2 is 2.10 bits per heavy atom. The van der Waals surface area contributed by atoms with E-state index in [1.54, 1.807) is 6.07 Å². The lowest BCUT2D eigenvalue weighted by Gasteiger charge is -2.36. The van der Waals surface area contributed by atoms with E-state index in [0.717, 1.165) is 18.4 Å². The number of H-pyrrole nitrogens is 1. The maximum atomic E-state index is 13.1. The maximum Gasteiger partial charge on any atom is 0.270 e. The molecular formula is C20H22ClN3O5S. The molecule has 0 spiro atoms. The van der Waals surface area contributed by atoms with Gasteiger partial charge in [-0.05, 0) is 44.4 Å². The first-order valence-corrected chi connectivity index (χ1v) is 11.2. The zero-order valence-electron chi connectivity index (χ0n) is 16.6. The highest BCUT2D eigenvalue weighted by Crippen LogP contribution is 2.47. The van der Waals surface area contributed by atoms with E-state index in [0.29, 0.717) is 34.5 Å². The first kappa shape index (κ1) is 19.8. The summed E-state index contributed by atoms with van der Waals surface area (Å²) in [5, 5.41) is 5.96. The van der Waals surface area contributed by atoms with Gasteiger partial charge in [0.25, 0.3) is 5.56 Å². The predicted octanol–water partition coefficient (Wildman–Crippen LogP) is 3.46. The number of anilines is 1. The second-order valence-corrected chi connectivity index (χ2v) is 9.80. The van der Waals surface area contributed by atoms with Crippen molar-refractivity contribution in [3.8, 4) is 11.5 Å². The highest BCUT2D eigenvalue weighted by atomic mass is 35.5. The molecule has 2 aromatic rings. The van der Waals surface area contributed by atoms with E-state index >= 15 is 0 Å². The van der Waals surface area contributed by atoms with E-state index < -0.39 is 0 Å². The molecule has 1 saturated heterocycles. The number of fused-ring (bicyclic) bond motifs is 2. The fourth-order valence-electron chi connectivity index (χ4n) is 4.34. The van der Waals surface area contributed by atoms with E-state index in [1.165, 1.54) is 11.8 Å². The number of aromatic amines is 1. The smallest absolute Gasteiger partial charge is 0.270 e. The number of halogens is 1. The molecule has 5 rings (SSSR count). The van der Waals surface area contributed by atoms with Crippen LogP contribution in [0.4, 0.5) is 5.82 Å². The van der Waals surface area contributed by atoms with Crippen LogP contribution in [0.3, 0.4) is 0 Å². The number of nitrogens with zero attached hydrogens (tertiary/aromatic N) is 1. The summed E-state index contributed by atoms with van der Waals surface area (Å²) in [6, 6.07) is 3.63. The average molecular weight is 452 g/mol. The number of hydrogen-bond acceptors (Lipinski definition) is 6. The molecule has 1 aromatic carbocycles. The summed E-state index contributed by atoms with van der Waals surface area (Å²) in [6.07, 6.45) is 1.48. The number of aromatic nitrogens is 2. The Kier molecular flexibility index (Phi) is 4.79. The molecule has 30 heavy (non-hydrogen) atoms. The Balaban J connectivity index is 1.61. The maximum absolute atomic E-state index is 13.1. The van der Waals surface area contributed by atoms with Crippen molar-refractivity contribution in [3.63, 3.8) is 0 Å². The third kappa shape index (κ3) is 3.38. The summed E-state index contributed by atoms with van der Waals surface area (Å²) in [4.78, 5) is 25.6. The highest BCUT2D eigenvalue weighted by Gasteiger charge is 2.36. The van der Waals surface area contributed by atoms with Crippen molar-refractivity contribution in [2.24, 2.45) is 0 Å². The van der Waals surface area contributed by atoms with E-state index in [4.69, 9.17) is 25.8 Å². The Morgan fingerprint density at radius 3 is 2.90 bits per heavy atom. The topological polar surface area (TPSA) is 94.6 Å². The Morgan fingerprint density at radius 1 is 1.27 bits per heavy atom. The van der Waals surface area contributed by atoms with E-state index in [-0.39, 0.29) is 40.9 Å². The molecule has 2 N–H and O–H groups in total. The van der Waals surface area contributed by atoms with Crippen molar-refractivity contribution in [3.05, 3.63) is 38.6 Å². The molecule has 3 aliphatic rings. The SMILES string of the molecule is CC1(C)C[C@H](n2[nH]c(=O)c3c2NC(=O)CS[C@H]3c2cc(Cl)c3c(c2)OCO3)CCO1. The van der Waals surface area contributed by atoms with Crippen LogP contribution in [-0.2, 0) is 9.53 Å². The molecule has 0 aliphatic carbocycles. The number of carbonyl (C=O) groups excluding carboxylic acids is 1. The van der Waals surface area contributed by atoms with Gasteiger partial charge < -0.3 is 19.5 Å². The largest absolute Gasteiger partial charge is 0.454 e. The second-order valence-electron chi connectivity index (χ2n) is 8.30. The molecule has 3 aliphatic heterocycles. The lowest BCUT2D eigenvalue weighted by atomic mass is 9.94. The third-order valence-corrected chi connectivity index (χ3v) is 7.20. The van der Waals surface area contributed by atoms with Gasteiger partial charge in [-0.3, -0.25) is 19.4 Å². The van der Waals surface area contributed by atoms with Crippen LogP contribution in [0.2, 0.25) is 5.02 Å². The number of thioether (sulfide) groups is 1. The van der Waals surface area contributed by atoms with Crippen LogP contribution in [0.25, 0.3) is 0 Å². The minimum atomic E-state index is -0.371. The van der Waals surface area contributed by atoms with Gasteiger partial charge in [0.2, 0.25) is 12.7 Å². The molecule has 1 fully saturated rings. The van der Waals surface area contributed by atoms with Gasteiger partial charge in [-0.1, -0.05) is 11.6 Å². The second kappa shape index (κ2) is 7.25. The molecule has 2 atom stereocenters. The van der Waals surface area contributed by atoms with Crippen LogP contribution in [0.1, 0.15) is 49.1 Å². The van der Waals surface area contributed by atoms with Crippen LogP contribution in [0.15, 0.2) is 16.9 Å². The van der Waals surface area contributed by atoms with Gasteiger partial charge in [0.1, 0.15) is 5.82 Å². The van der Waals surface area contributed by atoms with E-state index in [2.05, 4.69) is 10.4 Å². The molecule has 4 heterocycles. The van der Waals surface area contributed by atoms with Crippen LogP contribution < -0.4 is 20.3 Å². The van der Waals surface area contributed by atoms with Gasteiger partial charge in [0.05, 0.1) is 33.2 Å². The molecule has 1 aromatic heterocycles. The van der Waals surface area contributed by atoms with Crippen molar-refractivity contribution in [2.75, 3.05) is 24.5 Å². The van der Waals surface area contributed by atoms with Crippen molar-refractivity contribution in [1.29, 1.82) is 0 Å². The Bertz CT molecular complexity index is 1080. The summed E-state index contributed by atoms with van der Waals surface area (Å²) in [7, 11) is 0. The summed E-state index contributed by atoms with van der Waals surface area (Å²) >= 11 is 7.78. The first-order valence-electron chi connectivity index (χ1n) is 9.81. The third-order valence-electron chi connectivity index (χ3n) is 5.65. The fourth-order valence-corrected chi connectivity index (χ4v) is 5.72. The zero-order valence-corrected chi connectivity index (χ0v) is 18.2. The number of rotatable bonds is 2.